The Bertz CT molecular complexity index is 766. The fourth-order valence-corrected chi connectivity index (χ4v) is 3.18. The first-order valence-electron chi connectivity index (χ1n) is 8.80. The van der Waals surface area contributed by atoms with Gasteiger partial charge in [0.1, 0.15) is 0 Å². The average Bonchev–Trinajstić information content (AvgIpc) is 3.44. The summed E-state index contributed by atoms with van der Waals surface area (Å²) in [6.45, 7) is 0.137. The molecule has 2 aromatic carbocycles. The molecule has 1 fully saturated rings. The minimum Gasteiger partial charge on any atom is -0.481 e. The summed E-state index contributed by atoms with van der Waals surface area (Å²) < 4.78 is 0. The van der Waals surface area contributed by atoms with E-state index in [4.69, 9.17) is 0 Å². The summed E-state index contributed by atoms with van der Waals surface area (Å²) in [5, 5.41) is 21.6. The Morgan fingerprint density at radius 3 is 2.23 bits per heavy atom. The van der Waals surface area contributed by atoms with Crippen LogP contribution in [0.2, 0.25) is 0 Å². The molecule has 0 bridgehead atoms. The van der Waals surface area contributed by atoms with Crippen LogP contribution in [0.15, 0.2) is 54.6 Å². The number of hydrogen-bond acceptors (Lipinski definition) is 3. The van der Waals surface area contributed by atoms with Gasteiger partial charge in [-0.05, 0) is 42.5 Å². The molecule has 26 heavy (non-hydrogen) atoms. The van der Waals surface area contributed by atoms with Gasteiger partial charge in [0.25, 0.3) is 0 Å². The second-order valence-corrected chi connectivity index (χ2v) is 6.99. The summed E-state index contributed by atoms with van der Waals surface area (Å²) >= 11 is 0. The molecule has 0 saturated heterocycles. The number of carbonyl (C=O) groups is 2. The Kier molecular flexibility index (Phi) is 5.38. The van der Waals surface area contributed by atoms with Gasteiger partial charge in [-0.2, -0.15) is 0 Å². The average molecular weight is 353 g/mol. The number of carboxylic acids is 1. The van der Waals surface area contributed by atoms with E-state index in [9.17, 15) is 19.8 Å². The van der Waals surface area contributed by atoms with Crippen LogP contribution in [0.3, 0.4) is 0 Å². The lowest BCUT2D eigenvalue weighted by Gasteiger charge is -2.14. The van der Waals surface area contributed by atoms with Gasteiger partial charge in [0.2, 0.25) is 5.91 Å². The van der Waals surface area contributed by atoms with Crippen LogP contribution in [-0.4, -0.2) is 28.7 Å². The summed E-state index contributed by atoms with van der Waals surface area (Å²) in [5.74, 6) is -2.05. The van der Waals surface area contributed by atoms with Crippen molar-refractivity contribution in [3.8, 4) is 0 Å². The maximum absolute atomic E-state index is 12.3. The highest BCUT2D eigenvalue weighted by Crippen LogP contribution is 2.47. The quantitative estimate of drug-likeness (QED) is 0.681. The highest BCUT2D eigenvalue weighted by atomic mass is 16.4. The standard InChI is InChI=1S/C21H23NO4/c23-14-21(10-11-21)17-6-8-18(9-7-17)22-19(24)13-16(20(25)26)12-15-4-2-1-3-5-15/h1-9,16,23H,10-14H2,(H,22,24)(H,25,26). The predicted molar refractivity (Wildman–Crippen MR) is 99.0 cm³/mol. The zero-order chi connectivity index (χ0) is 18.6. The zero-order valence-corrected chi connectivity index (χ0v) is 14.5. The fourth-order valence-electron chi connectivity index (χ4n) is 3.18. The molecule has 0 aliphatic heterocycles. The first-order chi connectivity index (χ1) is 12.5. The highest BCUT2D eigenvalue weighted by molar-refractivity contribution is 5.93. The van der Waals surface area contributed by atoms with E-state index in [0.29, 0.717) is 12.1 Å². The van der Waals surface area contributed by atoms with E-state index < -0.39 is 11.9 Å². The molecule has 5 nitrogen and oxygen atoms in total. The Morgan fingerprint density at radius 2 is 1.69 bits per heavy atom. The van der Waals surface area contributed by atoms with Crippen molar-refractivity contribution in [2.75, 3.05) is 11.9 Å². The summed E-state index contributed by atoms with van der Waals surface area (Å²) in [6, 6.07) is 16.7. The maximum atomic E-state index is 12.3. The van der Waals surface area contributed by atoms with Gasteiger partial charge in [0.15, 0.2) is 0 Å². The van der Waals surface area contributed by atoms with Gasteiger partial charge in [-0.15, -0.1) is 0 Å². The first-order valence-corrected chi connectivity index (χ1v) is 8.80. The third-order valence-corrected chi connectivity index (χ3v) is 5.04. The molecule has 0 spiro atoms. The van der Waals surface area contributed by atoms with Crippen LogP contribution in [0, 0.1) is 5.92 Å². The van der Waals surface area contributed by atoms with E-state index in [1.807, 2.05) is 42.5 Å². The van der Waals surface area contributed by atoms with Gasteiger partial charge >= 0.3 is 5.97 Å². The summed E-state index contributed by atoms with van der Waals surface area (Å²) in [4.78, 5) is 23.7. The number of aliphatic carboxylic acids is 1. The molecule has 1 aliphatic rings. The second-order valence-electron chi connectivity index (χ2n) is 6.99. The highest BCUT2D eigenvalue weighted by Gasteiger charge is 2.43. The van der Waals surface area contributed by atoms with Crippen molar-refractivity contribution in [2.45, 2.75) is 31.1 Å². The first kappa shape index (κ1) is 18.1. The largest absolute Gasteiger partial charge is 0.481 e. The molecular formula is C21H23NO4. The van der Waals surface area contributed by atoms with Crippen LogP contribution in [0.25, 0.3) is 0 Å². The number of carbonyl (C=O) groups excluding carboxylic acids is 1. The number of aliphatic hydroxyl groups is 1. The van der Waals surface area contributed by atoms with Crippen LogP contribution in [0.4, 0.5) is 5.69 Å². The molecule has 0 radical (unpaired) electrons. The van der Waals surface area contributed by atoms with Gasteiger partial charge in [0, 0.05) is 17.5 Å². The lowest BCUT2D eigenvalue weighted by Crippen LogP contribution is -2.24. The van der Waals surface area contributed by atoms with Gasteiger partial charge < -0.3 is 15.5 Å². The monoisotopic (exact) mass is 353 g/mol. The summed E-state index contributed by atoms with van der Waals surface area (Å²) in [6.07, 6.45) is 2.21. The van der Waals surface area contributed by atoms with Crippen molar-refractivity contribution in [1.29, 1.82) is 0 Å². The molecule has 0 aromatic heterocycles. The molecule has 5 heteroatoms. The molecule has 0 heterocycles. The molecule has 1 aliphatic carbocycles. The van der Waals surface area contributed by atoms with Crippen molar-refractivity contribution >= 4 is 17.6 Å². The van der Waals surface area contributed by atoms with Crippen LogP contribution in [0.5, 0.6) is 0 Å². The predicted octanol–water partition coefficient (Wildman–Crippen LogP) is 2.98. The molecule has 1 amide bonds. The van der Waals surface area contributed by atoms with Crippen molar-refractivity contribution in [3.05, 3.63) is 65.7 Å². The van der Waals surface area contributed by atoms with Gasteiger partial charge in [-0.1, -0.05) is 42.5 Å². The van der Waals surface area contributed by atoms with Crippen LogP contribution in [-0.2, 0) is 21.4 Å². The number of rotatable bonds is 8. The third-order valence-electron chi connectivity index (χ3n) is 5.04. The number of amides is 1. The number of nitrogens with one attached hydrogen (secondary N) is 1. The number of anilines is 1. The molecule has 3 N–H and O–H groups in total. The van der Waals surface area contributed by atoms with Crippen LogP contribution in [0.1, 0.15) is 30.4 Å². The lowest BCUT2D eigenvalue weighted by molar-refractivity contribution is -0.143. The van der Waals surface area contributed by atoms with E-state index in [2.05, 4.69) is 5.32 Å². The minimum atomic E-state index is -0.974. The van der Waals surface area contributed by atoms with Gasteiger partial charge in [-0.25, -0.2) is 0 Å². The van der Waals surface area contributed by atoms with E-state index in [-0.39, 0.29) is 24.3 Å². The van der Waals surface area contributed by atoms with Crippen molar-refractivity contribution < 1.29 is 19.8 Å². The smallest absolute Gasteiger partial charge is 0.307 e. The molecule has 1 unspecified atom stereocenters. The fraction of sp³-hybridized carbons (Fsp3) is 0.333. The molecule has 1 saturated carbocycles. The minimum absolute atomic E-state index is 0.0768. The normalized spacial score (nSPS) is 15.9. The summed E-state index contributed by atoms with van der Waals surface area (Å²) in [5.41, 5.74) is 2.50. The van der Waals surface area contributed by atoms with E-state index in [1.165, 1.54) is 0 Å². The van der Waals surface area contributed by atoms with Crippen molar-refractivity contribution in [3.63, 3.8) is 0 Å². The summed E-state index contributed by atoms with van der Waals surface area (Å²) in [7, 11) is 0. The number of aliphatic hydroxyl groups excluding tert-OH is 1. The van der Waals surface area contributed by atoms with Gasteiger partial charge in [0.05, 0.1) is 12.5 Å². The van der Waals surface area contributed by atoms with E-state index in [0.717, 1.165) is 24.0 Å². The Hall–Kier alpha value is -2.66. The van der Waals surface area contributed by atoms with Crippen molar-refractivity contribution in [1.82, 2.24) is 0 Å². The number of benzene rings is 2. The Labute approximate surface area is 152 Å². The Balaban J connectivity index is 1.59. The zero-order valence-electron chi connectivity index (χ0n) is 14.5. The Morgan fingerprint density at radius 1 is 1.04 bits per heavy atom. The topological polar surface area (TPSA) is 86.6 Å². The SMILES string of the molecule is O=C(CC(Cc1ccccc1)C(=O)O)Nc1ccc(C2(CO)CC2)cc1. The lowest BCUT2D eigenvalue weighted by atomic mass is 9.95. The van der Waals surface area contributed by atoms with Gasteiger partial charge in [-0.3, -0.25) is 9.59 Å². The molecular weight excluding hydrogens is 330 g/mol. The van der Waals surface area contributed by atoms with Crippen LogP contribution >= 0.6 is 0 Å². The second kappa shape index (κ2) is 7.70. The third kappa shape index (κ3) is 4.29. The molecule has 2 aromatic rings. The molecule has 3 rings (SSSR count). The van der Waals surface area contributed by atoms with Crippen LogP contribution < -0.4 is 5.32 Å². The van der Waals surface area contributed by atoms with E-state index in [1.54, 1.807) is 12.1 Å². The van der Waals surface area contributed by atoms with E-state index >= 15 is 0 Å². The van der Waals surface area contributed by atoms with Crippen molar-refractivity contribution in [2.24, 2.45) is 5.92 Å². The number of hydrogen-bond donors (Lipinski definition) is 3. The molecule has 1 atom stereocenters. The maximum Gasteiger partial charge on any atom is 0.307 e. The number of carboxylic acid groups (broad SMARTS) is 1. The molecule has 136 valence electrons.